The van der Waals surface area contributed by atoms with E-state index in [-0.39, 0.29) is 12.4 Å². The largest absolute Gasteiger partial charge is 0.381 e. The van der Waals surface area contributed by atoms with E-state index in [1.54, 1.807) is 0 Å². The molecule has 0 radical (unpaired) electrons. The van der Waals surface area contributed by atoms with Crippen molar-refractivity contribution in [1.82, 2.24) is 5.32 Å². The standard InChI is InChI=1S/C7H13NO.ClH/c1-3-8-5-7(1)2-4-9-6-7;/h8H,1-6H2;1H. The first kappa shape index (κ1) is 8.31. The number of hydrogen-bond donors (Lipinski definition) is 1. The third kappa shape index (κ3) is 1.29. The zero-order valence-electron chi connectivity index (χ0n) is 6.06. The molecule has 1 atom stereocenters. The lowest BCUT2D eigenvalue weighted by molar-refractivity contribution is 0.160. The van der Waals surface area contributed by atoms with Gasteiger partial charge in [0.15, 0.2) is 0 Å². The van der Waals surface area contributed by atoms with E-state index in [9.17, 15) is 0 Å². The van der Waals surface area contributed by atoms with Gasteiger partial charge < -0.3 is 10.1 Å². The molecule has 0 bridgehead atoms. The van der Waals surface area contributed by atoms with Crippen LogP contribution >= 0.6 is 12.4 Å². The first-order valence-electron chi connectivity index (χ1n) is 3.70. The number of ether oxygens (including phenoxy) is 1. The average molecular weight is 164 g/mol. The topological polar surface area (TPSA) is 21.3 Å². The quantitative estimate of drug-likeness (QED) is 0.571. The summed E-state index contributed by atoms with van der Waals surface area (Å²) >= 11 is 0. The summed E-state index contributed by atoms with van der Waals surface area (Å²) in [6, 6.07) is 0. The monoisotopic (exact) mass is 163 g/mol. The minimum atomic E-state index is 0. The molecular formula is C7H14ClNO. The van der Waals surface area contributed by atoms with Gasteiger partial charge in [-0.05, 0) is 19.4 Å². The molecule has 2 aliphatic rings. The second-order valence-electron chi connectivity index (χ2n) is 3.23. The number of halogens is 1. The Kier molecular flexibility index (Phi) is 2.55. The van der Waals surface area contributed by atoms with Gasteiger partial charge in [-0.25, -0.2) is 0 Å². The van der Waals surface area contributed by atoms with Gasteiger partial charge in [0.2, 0.25) is 0 Å². The number of hydrogen-bond acceptors (Lipinski definition) is 2. The molecule has 0 aliphatic carbocycles. The Morgan fingerprint density at radius 1 is 1.30 bits per heavy atom. The summed E-state index contributed by atoms with van der Waals surface area (Å²) in [5, 5.41) is 3.38. The van der Waals surface area contributed by atoms with Crippen molar-refractivity contribution in [3.05, 3.63) is 0 Å². The molecule has 1 unspecified atom stereocenters. The average Bonchev–Trinajstić information content (AvgIpc) is 2.45. The number of rotatable bonds is 0. The van der Waals surface area contributed by atoms with Gasteiger partial charge in [-0.2, -0.15) is 0 Å². The molecule has 2 aliphatic heterocycles. The van der Waals surface area contributed by atoms with Crippen LogP contribution in [0.3, 0.4) is 0 Å². The van der Waals surface area contributed by atoms with Crippen molar-refractivity contribution in [3.8, 4) is 0 Å². The Balaban J connectivity index is 0.000000500. The second kappa shape index (κ2) is 3.07. The lowest BCUT2D eigenvalue weighted by Gasteiger charge is -2.17. The predicted molar refractivity (Wildman–Crippen MR) is 42.6 cm³/mol. The van der Waals surface area contributed by atoms with Crippen molar-refractivity contribution in [2.75, 3.05) is 26.3 Å². The molecule has 1 spiro atoms. The minimum Gasteiger partial charge on any atom is -0.381 e. The highest BCUT2D eigenvalue weighted by Gasteiger charge is 2.37. The molecule has 0 aromatic carbocycles. The SMILES string of the molecule is C1CC2(CCOC2)CN1.Cl. The van der Waals surface area contributed by atoms with Crippen LogP contribution in [-0.2, 0) is 4.74 Å². The summed E-state index contributed by atoms with van der Waals surface area (Å²) in [4.78, 5) is 0. The van der Waals surface area contributed by atoms with E-state index in [4.69, 9.17) is 4.74 Å². The molecule has 10 heavy (non-hydrogen) atoms. The van der Waals surface area contributed by atoms with Gasteiger partial charge in [0.25, 0.3) is 0 Å². The third-order valence-electron chi connectivity index (χ3n) is 2.52. The van der Waals surface area contributed by atoms with Crippen LogP contribution in [0.15, 0.2) is 0 Å². The van der Waals surface area contributed by atoms with E-state index in [1.165, 1.54) is 25.9 Å². The molecule has 0 saturated carbocycles. The lowest BCUT2D eigenvalue weighted by Crippen LogP contribution is -2.23. The minimum absolute atomic E-state index is 0. The van der Waals surface area contributed by atoms with Crippen molar-refractivity contribution in [1.29, 1.82) is 0 Å². The van der Waals surface area contributed by atoms with Crippen LogP contribution in [0.25, 0.3) is 0 Å². The van der Waals surface area contributed by atoms with E-state index in [0.29, 0.717) is 5.41 Å². The molecule has 2 nitrogen and oxygen atoms in total. The predicted octanol–water partition coefficient (Wildman–Crippen LogP) is 0.808. The fourth-order valence-electron chi connectivity index (χ4n) is 1.78. The molecule has 2 fully saturated rings. The van der Waals surface area contributed by atoms with Crippen LogP contribution in [0.2, 0.25) is 0 Å². The van der Waals surface area contributed by atoms with Gasteiger partial charge in [-0.1, -0.05) is 0 Å². The zero-order valence-corrected chi connectivity index (χ0v) is 6.88. The second-order valence-corrected chi connectivity index (χ2v) is 3.23. The molecule has 2 heterocycles. The van der Waals surface area contributed by atoms with Crippen LogP contribution in [-0.4, -0.2) is 26.3 Å². The van der Waals surface area contributed by atoms with Crippen LogP contribution < -0.4 is 5.32 Å². The fourth-order valence-corrected chi connectivity index (χ4v) is 1.78. The van der Waals surface area contributed by atoms with E-state index in [0.717, 1.165) is 13.2 Å². The summed E-state index contributed by atoms with van der Waals surface area (Å²) in [6.07, 6.45) is 2.60. The van der Waals surface area contributed by atoms with Crippen molar-refractivity contribution < 1.29 is 4.74 Å². The normalized spacial score (nSPS) is 38.4. The molecule has 0 aromatic rings. The summed E-state index contributed by atoms with van der Waals surface area (Å²) in [7, 11) is 0. The molecule has 1 N–H and O–H groups in total. The molecule has 60 valence electrons. The smallest absolute Gasteiger partial charge is 0.0535 e. The summed E-state index contributed by atoms with van der Waals surface area (Å²) in [6.45, 7) is 4.37. The summed E-state index contributed by atoms with van der Waals surface area (Å²) in [5.41, 5.74) is 0.556. The summed E-state index contributed by atoms with van der Waals surface area (Å²) in [5.74, 6) is 0. The Labute approximate surface area is 67.7 Å². The Morgan fingerprint density at radius 2 is 2.20 bits per heavy atom. The van der Waals surface area contributed by atoms with Crippen LogP contribution in [0.5, 0.6) is 0 Å². The maximum Gasteiger partial charge on any atom is 0.0535 e. The van der Waals surface area contributed by atoms with E-state index in [2.05, 4.69) is 5.32 Å². The first-order chi connectivity index (χ1) is 4.41. The highest BCUT2D eigenvalue weighted by atomic mass is 35.5. The van der Waals surface area contributed by atoms with E-state index in [1.807, 2.05) is 0 Å². The van der Waals surface area contributed by atoms with Gasteiger partial charge in [-0.3, -0.25) is 0 Å². The van der Waals surface area contributed by atoms with Crippen LogP contribution in [0, 0.1) is 5.41 Å². The highest BCUT2D eigenvalue weighted by molar-refractivity contribution is 5.85. The fraction of sp³-hybridized carbons (Fsp3) is 1.00. The molecule has 3 heteroatoms. The summed E-state index contributed by atoms with van der Waals surface area (Å²) < 4.78 is 5.34. The Morgan fingerprint density at radius 3 is 2.70 bits per heavy atom. The van der Waals surface area contributed by atoms with Gasteiger partial charge >= 0.3 is 0 Å². The first-order valence-corrected chi connectivity index (χ1v) is 3.70. The Bertz CT molecular complexity index is 88.7. The van der Waals surface area contributed by atoms with Gasteiger partial charge in [0.05, 0.1) is 6.61 Å². The highest BCUT2D eigenvalue weighted by Crippen LogP contribution is 2.33. The van der Waals surface area contributed by atoms with Crippen molar-refractivity contribution >= 4 is 12.4 Å². The van der Waals surface area contributed by atoms with Gasteiger partial charge in [-0.15, -0.1) is 12.4 Å². The van der Waals surface area contributed by atoms with Crippen LogP contribution in [0.1, 0.15) is 12.8 Å². The molecule has 0 amide bonds. The third-order valence-corrected chi connectivity index (χ3v) is 2.52. The van der Waals surface area contributed by atoms with Crippen molar-refractivity contribution in [3.63, 3.8) is 0 Å². The van der Waals surface area contributed by atoms with Gasteiger partial charge in [0, 0.05) is 18.6 Å². The van der Waals surface area contributed by atoms with Crippen LogP contribution in [0.4, 0.5) is 0 Å². The van der Waals surface area contributed by atoms with Crippen molar-refractivity contribution in [2.24, 2.45) is 5.41 Å². The molecule has 0 aromatic heterocycles. The number of nitrogens with one attached hydrogen (secondary N) is 1. The van der Waals surface area contributed by atoms with Gasteiger partial charge in [0.1, 0.15) is 0 Å². The zero-order chi connectivity index (χ0) is 6.16. The van der Waals surface area contributed by atoms with Crippen molar-refractivity contribution in [2.45, 2.75) is 12.8 Å². The maximum absolute atomic E-state index is 5.34. The maximum atomic E-state index is 5.34. The molecule has 2 saturated heterocycles. The lowest BCUT2D eigenvalue weighted by atomic mass is 9.87. The molecule has 2 rings (SSSR count). The van der Waals surface area contributed by atoms with E-state index >= 15 is 0 Å². The van der Waals surface area contributed by atoms with E-state index < -0.39 is 0 Å². The molecular weight excluding hydrogens is 150 g/mol. The Hall–Kier alpha value is 0.210.